The molecule has 1 saturated heterocycles. The quantitative estimate of drug-likeness (QED) is 0.334. The van der Waals surface area contributed by atoms with Crippen molar-refractivity contribution in [2.75, 3.05) is 4.90 Å². The number of halogens is 1. The normalized spacial score (nSPS) is 16.8. The van der Waals surface area contributed by atoms with Crippen LogP contribution in [-0.4, -0.2) is 28.7 Å². The predicted molar refractivity (Wildman–Crippen MR) is 132 cm³/mol. The summed E-state index contributed by atoms with van der Waals surface area (Å²) in [7, 11) is 0. The summed E-state index contributed by atoms with van der Waals surface area (Å²) in [5.74, 6) is -0.931. The van der Waals surface area contributed by atoms with Crippen molar-refractivity contribution in [3.05, 3.63) is 99.1 Å². The summed E-state index contributed by atoms with van der Waals surface area (Å²) < 4.78 is 1.01. The molecule has 2 atom stereocenters. The first-order chi connectivity index (χ1) is 15.4. The lowest BCUT2D eigenvalue weighted by atomic mass is 10.0. The molecule has 0 spiro atoms. The van der Waals surface area contributed by atoms with Gasteiger partial charge in [0.2, 0.25) is 5.91 Å². The van der Waals surface area contributed by atoms with Gasteiger partial charge in [0.15, 0.2) is 0 Å². The second kappa shape index (κ2) is 9.24. The van der Waals surface area contributed by atoms with Gasteiger partial charge in [-0.1, -0.05) is 48.5 Å². The predicted octanol–water partition coefficient (Wildman–Crippen LogP) is 5.14. The number of nitrogens with zero attached hydrogens (tertiary/aromatic N) is 2. The van der Waals surface area contributed by atoms with Crippen molar-refractivity contribution in [2.24, 2.45) is 0 Å². The lowest BCUT2D eigenvalue weighted by Crippen LogP contribution is -2.47. The highest BCUT2D eigenvalue weighted by Gasteiger charge is 2.46. The molecule has 5 nitrogen and oxygen atoms in total. The molecule has 0 aromatic heterocycles. The second-order valence-corrected chi connectivity index (χ2v) is 9.12. The minimum atomic E-state index is -0.871. The number of amides is 3. The van der Waals surface area contributed by atoms with E-state index in [1.807, 2.05) is 74.5 Å². The molecule has 162 valence electrons. The van der Waals surface area contributed by atoms with Crippen molar-refractivity contribution in [1.29, 1.82) is 0 Å². The van der Waals surface area contributed by atoms with E-state index in [2.05, 4.69) is 22.6 Å². The summed E-state index contributed by atoms with van der Waals surface area (Å²) in [4.78, 5) is 43.0. The zero-order chi connectivity index (χ0) is 22.8. The van der Waals surface area contributed by atoms with Gasteiger partial charge in [-0.25, -0.2) is 4.90 Å². The van der Waals surface area contributed by atoms with Gasteiger partial charge in [-0.05, 0) is 77.9 Å². The highest BCUT2D eigenvalue weighted by molar-refractivity contribution is 14.1. The van der Waals surface area contributed by atoms with Crippen molar-refractivity contribution in [2.45, 2.75) is 32.4 Å². The van der Waals surface area contributed by atoms with E-state index in [1.54, 1.807) is 23.1 Å². The lowest BCUT2D eigenvalue weighted by Gasteiger charge is -2.34. The van der Waals surface area contributed by atoms with Gasteiger partial charge in [-0.2, -0.15) is 0 Å². The number of anilines is 1. The summed E-state index contributed by atoms with van der Waals surface area (Å²) in [6, 6.07) is 22.9. The summed E-state index contributed by atoms with van der Waals surface area (Å²) in [5.41, 5.74) is 2.79. The topological polar surface area (TPSA) is 57.7 Å². The maximum atomic E-state index is 13.8. The van der Waals surface area contributed by atoms with E-state index < -0.39 is 6.04 Å². The van der Waals surface area contributed by atoms with Crippen LogP contribution in [-0.2, 0) is 9.59 Å². The summed E-state index contributed by atoms with van der Waals surface area (Å²) >= 11 is 2.18. The molecule has 0 bridgehead atoms. The molecule has 2 unspecified atom stereocenters. The van der Waals surface area contributed by atoms with Crippen LogP contribution >= 0.6 is 22.6 Å². The number of hydrogen-bond acceptors (Lipinski definition) is 3. The highest BCUT2D eigenvalue weighted by atomic mass is 127. The average Bonchev–Trinajstić information content (AvgIpc) is 3.09. The maximum absolute atomic E-state index is 13.8. The van der Waals surface area contributed by atoms with Gasteiger partial charge in [0.25, 0.3) is 11.8 Å². The first-order valence-electron chi connectivity index (χ1n) is 10.4. The smallest absolute Gasteiger partial charge is 0.257 e. The fourth-order valence-corrected chi connectivity index (χ4v) is 4.49. The van der Waals surface area contributed by atoms with Gasteiger partial charge in [-0.15, -0.1) is 0 Å². The van der Waals surface area contributed by atoms with Crippen LogP contribution in [0.1, 0.15) is 40.9 Å². The molecule has 1 heterocycles. The number of hydrogen-bond donors (Lipinski definition) is 0. The largest absolute Gasteiger partial charge is 0.319 e. The Kier molecular flexibility index (Phi) is 6.41. The van der Waals surface area contributed by atoms with E-state index >= 15 is 0 Å². The Balaban J connectivity index is 1.75. The van der Waals surface area contributed by atoms with E-state index in [9.17, 15) is 14.4 Å². The van der Waals surface area contributed by atoms with Crippen LogP contribution in [0, 0.1) is 10.5 Å². The van der Waals surface area contributed by atoms with Gasteiger partial charge >= 0.3 is 0 Å². The van der Waals surface area contributed by atoms with Crippen LogP contribution in [0.3, 0.4) is 0 Å². The van der Waals surface area contributed by atoms with Gasteiger partial charge in [0.05, 0.1) is 18.2 Å². The summed E-state index contributed by atoms with van der Waals surface area (Å²) in [5, 5.41) is 0. The number of carbonyl (C=O) groups excluding carboxylic acids is 3. The molecule has 1 fully saturated rings. The molecule has 1 aliphatic heterocycles. The van der Waals surface area contributed by atoms with Gasteiger partial charge in [-0.3, -0.25) is 14.4 Å². The zero-order valence-corrected chi connectivity index (χ0v) is 20.0. The summed E-state index contributed by atoms with van der Waals surface area (Å²) in [6.45, 7) is 3.77. The molecule has 0 saturated carbocycles. The molecule has 0 radical (unpaired) electrons. The Morgan fingerprint density at radius 1 is 0.969 bits per heavy atom. The van der Waals surface area contributed by atoms with E-state index in [0.29, 0.717) is 11.3 Å². The number of rotatable bonds is 5. The van der Waals surface area contributed by atoms with E-state index in [0.717, 1.165) is 14.7 Å². The van der Waals surface area contributed by atoms with Crippen LogP contribution < -0.4 is 4.90 Å². The van der Waals surface area contributed by atoms with E-state index in [4.69, 9.17) is 0 Å². The van der Waals surface area contributed by atoms with Crippen LogP contribution in [0.2, 0.25) is 0 Å². The fourth-order valence-electron chi connectivity index (χ4n) is 4.13. The molecule has 6 heteroatoms. The monoisotopic (exact) mass is 538 g/mol. The molecule has 0 aliphatic carbocycles. The Morgan fingerprint density at radius 3 is 2.25 bits per heavy atom. The zero-order valence-electron chi connectivity index (χ0n) is 17.9. The highest BCUT2D eigenvalue weighted by Crippen LogP contribution is 2.33. The number of benzene rings is 3. The molecule has 3 amide bonds. The molecular formula is C26H23IN2O3. The Morgan fingerprint density at radius 2 is 1.59 bits per heavy atom. The van der Waals surface area contributed by atoms with Crippen molar-refractivity contribution in [3.63, 3.8) is 0 Å². The van der Waals surface area contributed by atoms with E-state index in [1.165, 1.54) is 4.90 Å². The SMILES string of the molecule is Cc1ccccc1C(=O)N(C1CC(=O)N(c2ccc(I)cc2)C1=O)C(C)c1ccccc1. The Bertz CT molecular complexity index is 1160. The van der Waals surface area contributed by atoms with Gasteiger partial charge < -0.3 is 4.90 Å². The van der Waals surface area contributed by atoms with Crippen molar-refractivity contribution in [3.8, 4) is 0 Å². The average molecular weight is 538 g/mol. The van der Waals surface area contributed by atoms with Crippen molar-refractivity contribution in [1.82, 2.24) is 4.90 Å². The van der Waals surface area contributed by atoms with Crippen molar-refractivity contribution >= 4 is 46.0 Å². The molecular weight excluding hydrogens is 515 g/mol. The van der Waals surface area contributed by atoms with Crippen LogP contribution in [0.25, 0.3) is 0 Å². The molecule has 4 rings (SSSR count). The third-order valence-corrected chi connectivity index (χ3v) is 6.57. The molecule has 1 aliphatic rings. The third kappa shape index (κ3) is 4.19. The Hall–Kier alpha value is -3.00. The number of aryl methyl sites for hydroxylation is 1. The fraction of sp³-hybridized carbons (Fsp3) is 0.192. The molecule has 3 aromatic carbocycles. The first kappa shape index (κ1) is 22.2. The summed E-state index contributed by atoms with van der Waals surface area (Å²) in [6.07, 6.45) is -0.0420. The van der Waals surface area contributed by atoms with Crippen molar-refractivity contribution < 1.29 is 14.4 Å². The van der Waals surface area contributed by atoms with Gasteiger partial charge in [0.1, 0.15) is 6.04 Å². The van der Waals surface area contributed by atoms with E-state index in [-0.39, 0.29) is 30.2 Å². The molecule has 32 heavy (non-hydrogen) atoms. The minimum Gasteiger partial charge on any atom is -0.319 e. The van der Waals surface area contributed by atoms with Crippen LogP contribution in [0.5, 0.6) is 0 Å². The lowest BCUT2D eigenvalue weighted by molar-refractivity contribution is -0.122. The standard InChI is InChI=1S/C26H23IN2O3/c1-17-8-6-7-11-22(17)25(31)28(18(2)19-9-4-3-5-10-19)23-16-24(30)29(26(23)32)21-14-12-20(27)13-15-21/h3-15,18,23H,16H2,1-2H3. The first-order valence-corrected chi connectivity index (χ1v) is 11.5. The van der Waals surface area contributed by atoms with Crippen LogP contribution in [0.4, 0.5) is 5.69 Å². The van der Waals surface area contributed by atoms with Crippen LogP contribution in [0.15, 0.2) is 78.9 Å². The molecule has 0 N–H and O–H groups in total. The molecule has 3 aromatic rings. The Labute approximate surface area is 201 Å². The maximum Gasteiger partial charge on any atom is 0.257 e. The second-order valence-electron chi connectivity index (χ2n) is 7.88. The minimum absolute atomic E-state index is 0.0420. The third-order valence-electron chi connectivity index (χ3n) is 5.85. The van der Waals surface area contributed by atoms with Gasteiger partial charge in [0, 0.05) is 9.13 Å². The number of imide groups is 1. The number of carbonyl (C=O) groups is 3.